The number of ether oxygens (including phenoxy) is 3. The molecule has 0 fully saturated rings. The smallest absolute Gasteiger partial charge is 0.108 e. The quantitative estimate of drug-likeness (QED) is 0.583. The standard InChI is InChI=1S/C12H24N4O3.C2H6/c1-3-13-4-6-18-8-9-19-7-5-16-10-12(11-17-2)14-15-16;1-2/h10,13H,3-9,11H2,1-2H3;1-2H3. The maximum absolute atomic E-state index is 5.45. The summed E-state index contributed by atoms with van der Waals surface area (Å²) in [6.07, 6.45) is 1.86. The number of hydrogen-bond acceptors (Lipinski definition) is 6. The van der Waals surface area contributed by atoms with E-state index in [4.69, 9.17) is 14.2 Å². The van der Waals surface area contributed by atoms with Gasteiger partial charge < -0.3 is 19.5 Å². The van der Waals surface area contributed by atoms with Crippen LogP contribution in [0.3, 0.4) is 0 Å². The van der Waals surface area contributed by atoms with Gasteiger partial charge in [-0.3, -0.25) is 0 Å². The Balaban J connectivity index is 0.00000191. The van der Waals surface area contributed by atoms with E-state index >= 15 is 0 Å². The van der Waals surface area contributed by atoms with E-state index in [9.17, 15) is 0 Å². The van der Waals surface area contributed by atoms with Gasteiger partial charge in [0.05, 0.1) is 45.8 Å². The van der Waals surface area contributed by atoms with Crippen LogP contribution in [0.2, 0.25) is 0 Å². The molecule has 0 saturated carbocycles. The number of nitrogens with one attached hydrogen (secondary N) is 1. The van der Waals surface area contributed by atoms with Gasteiger partial charge in [0.25, 0.3) is 0 Å². The highest BCUT2D eigenvalue weighted by Crippen LogP contribution is 1.94. The van der Waals surface area contributed by atoms with Crippen molar-refractivity contribution in [3.8, 4) is 0 Å². The molecule has 0 aliphatic rings. The Kier molecular flexibility index (Phi) is 14.6. The van der Waals surface area contributed by atoms with Gasteiger partial charge in [0, 0.05) is 13.7 Å². The minimum absolute atomic E-state index is 0.487. The van der Waals surface area contributed by atoms with Crippen LogP contribution < -0.4 is 5.32 Å². The molecule has 1 rings (SSSR count). The topological polar surface area (TPSA) is 70.4 Å². The summed E-state index contributed by atoms with van der Waals surface area (Å²) in [5, 5.41) is 11.1. The zero-order valence-corrected chi connectivity index (χ0v) is 13.8. The third-order valence-electron chi connectivity index (χ3n) is 2.39. The van der Waals surface area contributed by atoms with E-state index in [2.05, 4.69) is 22.6 Å². The van der Waals surface area contributed by atoms with Gasteiger partial charge >= 0.3 is 0 Å². The van der Waals surface area contributed by atoms with E-state index in [1.165, 1.54) is 0 Å². The molecule has 0 aromatic carbocycles. The van der Waals surface area contributed by atoms with Crippen molar-refractivity contribution in [2.24, 2.45) is 0 Å². The maximum atomic E-state index is 5.45. The lowest BCUT2D eigenvalue weighted by molar-refractivity contribution is 0.0450. The van der Waals surface area contributed by atoms with E-state index in [1.54, 1.807) is 11.8 Å². The highest BCUT2D eigenvalue weighted by molar-refractivity contribution is 4.89. The largest absolute Gasteiger partial charge is 0.378 e. The minimum Gasteiger partial charge on any atom is -0.378 e. The third-order valence-corrected chi connectivity index (χ3v) is 2.39. The Labute approximate surface area is 128 Å². The molecule has 21 heavy (non-hydrogen) atoms. The van der Waals surface area contributed by atoms with Gasteiger partial charge in [-0.25, -0.2) is 4.68 Å². The van der Waals surface area contributed by atoms with Crippen LogP contribution in [0, 0.1) is 0 Å². The molecule has 1 N–H and O–H groups in total. The minimum atomic E-state index is 0.487. The Hall–Kier alpha value is -1.02. The van der Waals surface area contributed by atoms with Gasteiger partial charge in [0.15, 0.2) is 0 Å². The molecule has 124 valence electrons. The first-order valence-electron chi connectivity index (χ1n) is 7.61. The van der Waals surface area contributed by atoms with E-state index in [1.807, 2.05) is 20.0 Å². The van der Waals surface area contributed by atoms with Crippen LogP contribution in [-0.2, 0) is 27.4 Å². The van der Waals surface area contributed by atoms with Crippen LogP contribution in [0.5, 0.6) is 0 Å². The number of hydrogen-bond donors (Lipinski definition) is 1. The maximum Gasteiger partial charge on any atom is 0.108 e. The van der Waals surface area contributed by atoms with Gasteiger partial charge in [0.2, 0.25) is 0 Å². The third kappa shape index (κ3) is 11.3. The lowest BCUT2D eigenvalue weighted by atomic mass is 10.5. The normalized spacial score (nSPS) is 10.3. The molecule has 0 spiro atoms. The van der Waals surface area contributed by atoms with Crippen molar-refractivity contribution < 1.29 is 14.2 Å². The molecule has 0 unspecified atom stereocenters. The summed E-state index contributed by atoms with van der Waals surface area (Å²) >= 11 is 0. The molecule has 0 atom stereocenters. The van der Waals surface area contributed by atoms with Crippen LogP contribution in [0.25, 0.3) is 0 Å². The lowest BCUT2D eigenvalue weighted by Gasteiger charge is -2.06. The summed E-state index contributed by atoms with van der Waals surface area (Å²) in [7, 11) is 1.64. The monoisotopic (exact) mass is 302 g/mol. The summed E-state index contributed by atoms with van der Waals surface area (Å²) in [5.41, 5.74) is 0.828. The molecule has 0 amide bonds. The van der Waals surface area contributed by atoms with Crippen molar-refractivity contribution in [3.63, 3.8) is 0 Å². The van der Waals surface area contributed by atoms with Gasteiger partial charge in [-0.15, -0.1) is 5.10 Å². The fourth-order valence-corrected chi connectivity index (χ4v) is 1.46. The van der Waals surface area contributed by atoms with Crippen molar-refractivity contribution >= 4 is 0 Å². The molecular formula is C14H30N4O3. The first-order chi connectivity index (χ1) is 10.4. The van der Waals surface area contributed by atoms with Crippen molar-refractivity contribution in [1.82, 2.24) is 20.3 Å². The number of nitrogens with zero attached hydrogens (tertiary/aromatic N) is 3. The fraction of sp³-hybridized carbons (Fsp3) is 0.857. The first kappa shape index (κ1) is 20.0. The zero-order chi connectivity index (χ0) is 15.8. The van der Waals surface area contributed by atoms with Gasteiger partial charge in [0.1, 0.15) is 5.69 Å². The van der Waals surface area contributed by atoms with Crippen LogP contribution in [0.1, 0.15) is 26.5 Å². The van der Waals surface area contributed by atoms with Crippen LogP contribution in [-0.4, -0.2) is 61.6 Å². The molecule has 1 heterocycles. The first-order valence-corrected chi connectivity index (χ1v) is 7.61. The number of methoxy groups -OCH3 is 1. The predicted octanol–water partition coefficient (Wildman–Crippen LogP) is 1.09. The summed E-state index contributed by atoms with van der Waals surface area (Å²) in [4.78, 5) is 0. The van der Waals surface area contributed by atoms with Crippen molar-refractivity contribution in [3.05, 3.63) is 11.9 Å². The molecule has 7 heteroatoms. The molecule has 0 saturated heterocycles. The molecule has 0 radical (unpaired) electrons. The molecule has 0 aliphatic carbocycles. The Morgan fingerprint density at radius 1 is 1.14 bits per heavy atom. The highest BCUT2D eigenvalue weighted by Gasteiger charge is 1.99. The highest BCUT2D eigenvalue weighted by atomic mass is 16.5. The van der Waals surface area contributed by atoms with Crippen molar-refractivity contribution in [2.45, 2.75) is 33.9 Å². The van der Waals surface area contributed by atoms with E-state index in [-0.39, 0.29) is 0 Å². The Morgan fingerprint density at radius 3 is 2.52 bits per heavy atom. The second-order valence-electron chi connectivity index (χ2n) is 3.98. The predicted molar refractivity (Wildman–Crippen MR) is 82.3 cm³/mol. The van der Waals surface area contributed by atoms with Crippen LogP contribution in [0.4, 0.5) is 0 Å². The SMILES string of the molecule is CC.CCNCCOCCOCCn1cc(COC)nn1. The van der Waals surface area contributed by atoms with E-state index in [0.717, 1.165) is 25.4 Å². The summed E-state index contributed by atoms with van der Waals surface area (Å²) in [5.74, 6) is 0. The average molecular weight is 302 g/mol. The number of likely N-dealkylation sites (N-methyl/N-ethyl adjacent to an activating group) is 1. The van der Waals surface area contributed by atoms with E-state index in [0.29, 0.717) is 33.0 Å². The van der Waals surface area contributed by atoms with Gasteiger partial charge in [-0.2, -0.15) is 0 Å². The summed E-state index contributed by atoms with van der Waals surface area (Å²) in [6, 6.07) is 0. The molecular weight excluding hydrogens is 272 g/mol. The van der Waals surface area contributed by atoms with Gasteiger partial charge in [-0.05, 0) is 6.54 Å². The number of rotatable bonds is 12. The van der Waals surface area contributed by atoms with Gasteiger partial charge in [-0.1, -0.05) is 26.0 Å². The molecule has 0 bridgehead atoms. The lowest BCUT2D eigenvalue weighted by Crippen LogP contribution is -2.20. The average Bonchev–Trinajstić information content (AvgIpc) is 2.96. The summed E-state index contributed by atoms with van der Waals surface area (Å²) < 4.78 is 17.6. The van der Waals surface area contributed by atoms with Crippen molar-refractivity contribution in [1.29, 1.82) is 0 Å². The Bertz CT molecular complexity index is 321. The zero-order valence-electron chi connectivity index (χ0n) is 13.8. The second kappa shape index (κ2) is 15.4. The summed E-state index contributed by atoms with van der Waals surface area (Å²) in [6.45, 7) is 11.7. The molecule has 7 nitrogen and oxygen atoms in total. The second-order valence-corrected chi connectivity index (χ2v) is 3.98. The number of aromatic nitrogens is 3. The van der Waals surface area contributed by atoms with E-state index < -0.39 is 0 Å². The van der Waals surface area contributed by atoms with Crippen LogP contribution >= 0.6 is 0 Å². The fourth-order valence-electron chi connectivity index (χ4n) is 1.46. The molecule has 1 aromatic heterocycles. The van der Waals surface area contributed by atoms with Crippen molar-refractivity contribution in [2.75, 3.05) is 46.6 Å². The molecule has 0 aliphatic heterocycles. The molecule has 1 aromatic rings. The Morgan fingerprint density at radius 2 is 1.86 bits per heavy atom. The van der Waals surface area contributed by atoms with Crippen LogP contribution in [0.15, 0.2) is 6.20 Å².